The van der Waals surface area contributed by atoms with E-state index in [2.05, 4.69) is 29.4 Å². The van der Waals surface area contributed by atoms with Gasteiger partial charge in [0.15, 0.2) is 10.3 Å². The topological polar surface area (TPSA) is 37.8 Å². The van der Waals surface area contributed by atoms with E-state index in [0.29, 0.717) is 10.3 Å². The summed E-state index contributed by atoms with van der Waals surface area (Å²) in [5.74, 6) is 0.812. The van der Waals surface area contributed by atoms with E-state index in [-0.39, 0.29) is 0 Å². The van der Waals surface area contributed by atoms with Crippen molar-refractivity contribution in [1.29, 1.82) is 0 Å². The summed E-state index contributed by atoms with van der Waals surface area (Å²) >= 11 is 11.7. The van der Waals surface area contributed by atoms with Gasteiger partial charge in [0, 0.05) is 12.6 Å². The highest BCUT2D eigenvalue weighted by Gasteiger charge is 2.02. The summed E-state index contributed by atoms with van der Waals surface area (Å²) in [5.41, 5.74) is 0.763. The summed E-state index contributed by atoms with van der Waals surface area (Å²) < 4.78 is 0. The van der Waals surface area contributed by atoms with E-state index in [1.54, 1.807) is 6.07 Å². The van der Waals surface area contributed by atoms with E-state index in [1.165, 1.54) is 25.7 Å². The summed E-state index contributed by atoms with van der Waals surface area (Å²) in [6, 6.07) is 1.70. The van der Waals surface area contributed by atoms with Crippen molar-refractivity contribution in [2.24, 2.45) is 5.92 Å². The van der Waals surface area contributed by atoms with Gasteiger partial charge < -0.3 is 5.32 Å². The number of unbranched alkanes of at least 4 members (excludes halogenated alkanes) is 3. The second-order valence-corrected chi connectivity index (χ2v) is 5.64. The van der Waals surface area contributed by atoms with Crippen molar-refractivity contribution in [3.05, 3.63) is 16.4 Å². The van der Waals surface area contributed by atoms with Gasteiger partial charge in [0.2, 0.25) is 0 Å². The molecule has 0 atom stereocenters. The molecule has 1 N–H and O–H groups in total. The maximum absolute atomic E-state index is 5.90. The van der Waals surface area contributed by atoms with E-state index < -0.39 is 0 Å². The maximum Gasteiger partial charge on any atom is 0.174 e. The molecule has 0 aliphatic heterocycles. The van der Waals surface area contributed by atoms with Crippen LogP contribution in [0.15, 0.2) is 6.07 Å². The van der Waals surface area contributed by atoms with Crippen LogP contribution in [0.1, 0.15) is 46.0 Å². The molecule has 1 rings (SSSR count). The van der Waals surface area contributed by atoms with Crippen LogP contribution < -0.4 is 5.32 Å². The molecule has 1 heterocycles. The van der Waals surface area contributed by atoms with Crippen LogP contribution in [0.2, 0.25) is 10.3 Å². The molecule has 3 nitrogen and oxygen atoms in total. The molecule has 5 heteroatoms. The number of hydrogen-bond donors (Lipinski definition) is 1. The summed E-state index contributed by atoms with van der Waals surface area (Å²) in [6.45, 7) is 5.43. The summed E-state index contributed by atoms with van der Waals surface area (Å²) in [6.07, 6.45) is 6.31. The number of rotatable bonds is 8. The molecule has 0 aromatic carbocycles. The quantitative estimate of drug-likeness (QED) is 0.699. The first kappa shape index (κ1) is 15.5. The van der Waals surface area contributed by atoms with Gasteiger partial charge in [0.25, 0.3) is 0 Å². The highest BCUT2D eigenvalue weighted by atomic mass is 35.5. The van der Waals surface area contributed by atoms with Crippen LogP contribution in [0.4, 0.5) is 5.69 Å². The lowest BCUT2D eigenvalue weighted by Gasteiger charge is -2.08. The third kappa shape index (κ3) is 6.41. The zero-order chi connectivity index (χ0) is 13.4. The van der Waals surface area contributed by atoms with Crippen molar-refractivity contribution in [2.75, 3.05) is 11.9 Å². The SMILES string of the molecule is CC(C)CCCCCCNc1cc(Cl)nnc1Cl. The number of halogens is 2. The number of nitrogens with zero attached hydrogens (tertiary/aromatic N) is 2. The molecule has 0 radical (unpaired) electrons. The lowest BCUT2D eigenvalue weighted by atomic mass is 10.0. The fraction of sp³-hybridized carbons (Fsp3) is 0.692. The van der Waals surface area contributed by atoms with Crippen LogP contribution in [-0.2, 0) is 0 Å². The molecular formula is C13H21Cl2N3. The predicted octanol–water partition coefficient (Wildman–Crippen LogP) is 4.80. The Morgan fingerprint density at radius 1 is 1.11 bits per heavy atom. The van der Waals surface area contributed by atoms with E-state index in [4.69, 9.17) is 23.2 Å². The first-order chi connectivity index (χ1) is 8.59. The summed E-state index contributed by atoms with van der Waals surface area (Å²) in [7, 11) is 0. The number of aromatic nitrogens is 2. The van der Waals surface area contributed by atoms with Gasteiger partial charge in [-0.05, 0) is 12.3 Å². The van der Waals surface area contributed by atoms with E-state index in [9.17, 15) is 0 Å². The monoisotopic (exact) mass is 289 g/mol. The van der Waals surface area contributed by atoms with E-state index in [0.717, 1.165) is 24.6 Å². The van der Waals surface area contributed by atoms with Gasteiger partial charge >= 0.3 is 0 Å². The first-order valence-electron chi connectivity index (χ1n) is 6.52. The van der Waals surface area contributed by atoms with Crippen molar-refractivity contribution in [3.63, 3.8) is 0 Å². The maximum atomic E-state index is 5.90. The molecule has 0 aliphatic rings. The fourth-order valence-corrected chi connectivity index (χ4v) is 2.04. The molecule has 0 aliphatic carbocycles. The second kappa shape index (κ2) is 8.54. The average molecular weight is 290 g/mol. The van der Waals surface area contributed by atoms with Gasteiger partial charge in [0.1, 0.15) is 0 Å². The van der Waals surface area contributed by atoms with Gasteiger partial charge in [-0.15, -0.1) is 10.2 Å². The van der Waals surface area contributed by atoms with Crippen molar-refractivity contribution < 1.29 is 0 Å². The lowest BCUT2D eigenvalue weighted by Crippen LogP contribution is -2.03. The predicted molar refractivity (Wildman–Crippen MR) is 78.5 cm³/mol. The molecule has 0 bridgehead atoms. The van der Waals surface area contributed by atoms with Crippen molar-refractivity contribution in [3.8, 4) is 0 Å². The molecule has 0 saturated heterocycles. The minimum Gasteiger partial charge on any atom is -0.382 e. The summed E-state index contributed by atoms with van der Waals surface area (Å²) in [4.78, 5) is 0. The Morgan fingerprint density at radius 3 is 2.56 bits per heavy atom. The molecule has 0 saturated carbocycles. The Balaban J connectivity index is 2.12. The number of hydrogen-bond acceptors (Lipinski definition) is 3. The third-order valence-corrected chi connectivity index (χ3v) is 3.21. The Bertz CT molecular complexity index is 356. The minimum absolute atomic E-state index is 0.360. The normalized spacial score (nSPS) is 10.9. The minimum atomic E-state index is 0.360. The zero-order valence-corrected chi connectivity index (χ0v) is 12.6. The second-order valence-electron chi connectivity index (χ2n) is 4.90. The molecular weight excluding hydrogens is 269 g/mol. The Labute approximate surface area is 119 Å². The van der Waals surface area contributed by atoms with Gasteiger partial charge in [-0.2, -0.15) is 0 Å². The molecule has 1 aromatic rings. The third-order valence-electron chi connectivity index (χ3n) is 2.74. The molecule has 102 valence electrons. The van der Waals surface area contributed by atoms with Gasteiger partial charge in [-0.25, -0.2) is 0 Å². The fourth-order valence-electron chi connectivity index (χ4n) is 1.73. The Morgan fingerprint density at radius 2 is 1.83 bits per heavy atom. The van der Waals surface area contributed by atoms with E-state index >= 15 is 0 Å². The summed E-state index contributed by atoms with van der Waals surface area (Å²) in [5, 5.41) is 11.4. The van der Waals surface area contributed by atoms with Crippen LogP contribution in [0, 0.1) is 5.92 Å². The number of anilines is 1. The molecule has 0 amide bonds. The van der Waals surface area contributed by atoms with Gasteiger partial charge in [-0.3, -0.25) is 0 Å². The van der Waals surface area contributed by atoms with Crippen LogP contribution >= 0.6 is 23.2 Å². The van der Waals surface area contributed by atoms with E-state index in [1.807, 2.05) is 0 Å². The zero-order valence-electron chi connectivity index (χ0n) is 11.0. The van der Waals surface area contributed by atoms with Crippen LogP contribution in [0.5, 0.6) is 0 Å². The first-order valence-corrected chi connectivity index (χ1v) is 7.27. The Kier molecular flexibility index (Phi) is 7.36. The lowest BCUT2D eigenvalue weighted by molar-refractivity contribution is 0.523. The van der Waals surface area contributed by atoms with Crippen LogP contribution in [0.3, 0.4) is 0 Å². The molecule has 0 spiro atoms. The van der Waals surface area contributed by atoms with Crippen molar-refractivity contribution in [1.82, 2.24) is 10.2 Å². The van der Waals surface area contributed by atoms with Crippen molar-refractivity contribution >= 4 is 28.9 Å². The molecule has 0 fully saturated rings. The van der Waals surface area contributed by atoms with Crippen molar-refractivity contribution in [2.45, 2.75) is 46.0 Å². The average Bonchev–Trinajstić information content (AvgIpc) is 2.32. The van der Waals surface area contributed by atoms with Crippen LogP contribution in [0.25, 0.3) is 0 Å². The van der Waals surface area contributed by atoms with Gasteiger partial charge in [0.05, 0.1) is 5.69 Å². The smallest absolute Gasteiger partial charge is 0.174 e. The molecule has 18 heavy (non-hydrogen) atoms. The highest BCUT2D eigenvalue weighted by Crippen LogP contribution is 2.20. The Hall–Kier alpha value is -0.540. The number of nitrogens with one attached hydrogen (secondary N) is 1. The largest absolute Gasteiger partial charge is 0.382 e. The highest BCUT2D eigenvalue weighted by molar-refractivity contribution is 6.33. The molecule has 0 unspecified atom stereocenters. The standard InChI is InChI=1S/C13H21Cl2N3/c1-10(2)7-5-3-4-6-8-16-11-9-12(14)17-18-13(11)15/h9-10H,3-8H2,1-2H3,(H,16,17). The van der Waals surface area contributed by atoms with Crippen LogP contribution in [-0.4, -0.2) is 16.7 Å². The molecule has 1 aromatic heterocycles. The van der Waals surface area contributed by atoms with Gasteiger partial charge in [-0.1, -0.05) is 62.7 Å².